The first-order chi connectivity index (χ1) is 9.76. The smallest absolute Gasteiger partial charge is 0.325 e. The van der Waals surface area contributed by atoms with Gasteiger partial charge in [0.25, 0.3) is 0 Å². The van der Waals surface area contributed by atoms with Gasteiger partial charge in [-0.25, -0.2) is 0 Å². The summed E-state index contributed by atoms with van der Waals surface area (Å²) in [6.45, 7) is 0.606. The summed E-state index contributed by atoms with van der Waals surface area (Å²) in [6, 6.07) is 10.2. The summed E-state index contributed by atoms with van der Waals surface area (Å²) in [5.74, 6) is 1.50. The first kappa shape index (κ1) is 13.2. The van der Waals surface area contributed by atoms with E-state index in [0.29, 0.717) is 37.0 Å². The normalized spacial score (nSPS) is 18.8. The van der Waals surface area contributed by atoms with Gasteiger partial charge in [-0.15, -0.1) is 5.10 Å². The summed E-state index contributed by atoms with van der Waals surface area (Å²) < 4.78 is 5.59. The fraction of sp³-hybridized carbons (Fsp3) is 0.357. The Morgan fingerprint density at radius 1 is 1.30 bits per heavy atom. The minimum absolute atomic E-state index is 0.0268. The Hall–Kier alpha value is -1.82. The molecule has 1 aromatic carbocycles. The van der Waals surface area contributed by atoms with Gasteiger partial charge < -0.3 is 4.42 Å². The maximum absolute atomic E-state index is 11.9. The number of carbonyl (C=O) groups is 1. The number of carbonyl (C=O) groups excluding carboxylic acids is 1. The van der Waals surface area contributed by atoms with E-state index in [0.717, 1.165) is 5.56 Å². The van der Waals surface area contributed by atoms with Gasteiger partial charge in [0.1, 0.15) is 0 Å². The van der Waals surface area contributed by atoms with Gasteiger partial charge in [-0.1, -0.05) is 35.4 Å². The summed E-state index contributed by atoms with van der Waals surface area (Å²) in [5, 5.41) is 7.99. The highest BCUT2D eigenvalue weighted by atomic mass is 32.1. The van der Waals surface area contributed by atoms with Gasteiger partial charge in [0.05, 0.1) is 6.42 Å². The van der Waals surface area contributed by atoms with E-state index in [1.807, 2.05) is 30.3 Å². The van der Waals surface area contributed by atoms with Crippen LogP contribution in [0.4, 0.5) is 6.01 Å². The maximum atomic E-state index is 11.9. The Labute approximate surface area is 122 Å². The molecule has 0 radical (unpaired) electrons. The van der Waals surface area contributed by atoms with Crippen molar-refractivity contribution in [3.63, 3.8) is 0 Å². The zero-order chi connectivity index (χ0) is 13.9. The number of amides is 1. The third-order valence-electron chi connectivity index (χ3n) is 3.35. The lowest BCUT2D eigenvalue weighted by Crippen LogP contribution is -2.24. The first-order valence-corrected chi connectivity index (χ1v) is 7.17. The second-order valence-electron chi connectivity index (χ2n) is 4.90. The molecule has 1 aliphatic heterocycles. The molecule has 1 aromatic heterocycles. The Bertz CT molecular complexity index is 599. The van der Waals surface area contributed by atoms with Crippen LogP contribution in [0.25, 0.3) is 0 Å². The van der Waals surface area contributed by atoms with E-state index in [4.69, 9.17) is 4.42 Å². The molecule has 1 aliphatic rings. The average Bonchev–Trinajstić information content (AvgIpc) is 3.06. The third kappa shape index (κ3) is 2.70. The van der Waals surface area contributed by atoms with Crippen molar-refractivity contribution in [3.8, 4) is 0 Å². The standard InChI is InChI=1S/C14H15N3O2S/c18-13-7-11(9-20)8-17(13)14-16-15-12(19-14)6-10-4-2-1-3-5-10/h1-5,11,20H,6-9H2. The lowest BCUT2D eigenvalue weighted by Gasteiger charge is -2.09. The number of aromatic nitrogens is 2. The third-order valence-corrected chi connectivity index (χ3v) is 3.86. The second kappa shape index (κ2) is 5.66. The first-order valence-electron chi connectivity index (χ1n) is 6.54. The number of hydrogen-bond acceptors (Lipinski definition) is 5. The van der Waals surface area contributed by atoms with Crippen LogP contribution in [0.5, 0.6) is 0 Å². The molecule has 104 valence electrons. The van der Waals surface area contributed by atoms with E-state index in [2.05, 4.69) is 22.8 Å². The highest BCUT2D eigenvalue weighted by molar-refractivity contribution is 7.80. The molecule has 0 bridgehead atoms. The highest BCUT2D eigenvalue weighted by Gasteiger charge is 2.32. The predicted octanol–water partition coefficient (Wildman–Crippen LogP) is 1.94. The largest absolute Gasteiger partial charge is 0.407 e. The molecule has 2 heterocycles. The molecule has 1 unspecified atom stereocenters. The van der Waals surface area contributed by atoms with Crippen molar-refractivity contribution >= 4 is 24.6 Å². The minimum Gasteiger partial charge on any atom is -0.407 e. The van der Waals surface area contributed by atoms with Crippen LogP contribution in [-0.2, 0) is 11.2 Å². The fourth-order valence-electron chi connectivity index (χ4n) is 2.28. The Morgan fingerprint density at radius 2 is 2.10 bits per heavy atom. The molecular weight excluding hydrogens is 274 g/mol. The molecule has 1 atom stereocenters. The fourth-order valence-corrected chi connectivity index (χ4v) is 2.53. The molecule has 0 N–H and O–H groups in total. The van der Waals surface area contributed by atoms with Gasteiger partial charge in [0.15, 0.2) is 0 Å². The molecule has 0 saturated carbocycles. The van der Waals surface area contributed by atoms with Crippen molar-refractivity contribution in [2.45, 2.75) is 12.8 Å². The van der Waals surface area contributed by atoms with E-state index in [1.165, 1.54) is 0 Å². The summed E-state index contributed by atoms with van der Waals surface area (Å²) >= 11 is 4.24. The van der Waals surface area contributed by atoms with Gasteiger partial charge in [-0.2, -0.15) is 12.6 Å². The van der Waals surface area contributed by atoms with Crippen LogP contribution in [0.15, 0.2) is 34.7 Å². The average molecular weight is 289 g/mol. The highest BCUT2D eigenvalue weighted by Crippen LogP contribution is 2.25. The number of nitrogens with zero attached hydrogens (tertiary/aromatic N) is 3. The topological polar surface area (TPSA) is 59.2 Å². The molecule has 3 rings (SSSR count). The van der Waals surface area contributed by atoms with E-state index in [9.17, 15) is 4.79 Å². The van der Waals surface area contributed by atoms with Crippen LogP contribution in [0.3, 0.4) is 0 Å². The van der Waals surface area contributed by atoms with Gasteiger partial charge in [0, 0.05) is 13.0 Å². The maximum Gasteiger partial charge on any atom is 0.325 e. The van der Waals surface area contributed by atoms with E-state index >= 15 is 0 Å². The van der Waals surface area contributed by atoms with Gasteiger partial charge in [-0.3, -0.25) is 9.69 Å². The van der Waals surface area contributed by atoms with Crippen molar-refractivity contribution in [1.82, 2.24) is 10.2 Å². The molecule has 1 saturated heterocycles. The van der Waals surface area contributed by atoms with E-state index < -0.39 is 0 Å². The molecule has 2 aromatic rings. The van der Waals surface area contributed by atoms with Gasteiger partial charge >= 0.3 is 6.01 Å². The second-order valence-corrected chi connectivity index (χ2v) is 5.26. The summed E-state index contributed by atoms with van der Waals surface area (Å²) in [6.07, 6.45) is 1.08. The lowest BCUT2D eigenvalue weighted by molar-refractivity contribution is -0.117. The SMILES string of the molecule is O=C1CC(CS)CN1c1nnc(Cc2ccccc2)o1. The molecule has 6 heteroatoms. The van der Waals surface area contributed by atoms with Gasteiger partial charge in [0.2, 0.25) is 11.8 Å². The van der Waals surface area contributed by atoms with Crippen LogP contribution in [-0.4, -0.2) is 28.4 Å². The Balaban J connectivity index is 1.72. The molecule has 0 aliphatic carbocycles. The predicted molar refractivity (Wildman–Crippen MR) is 77.9 cm³/mol. The van der Waals surface area contributed by atoms with E-state index in [1.54, 1.807) is 4.90 Å². The zero-order valence-corrected chi connectivity index (χ0v) is 11.8. The molecule has 0 spiro atoms. The molecule has 1 fully saturated rings. The van der Waals surface area contributed by atoms with Crippen LogP contribution >= 0.6 is 12.6 Å². The monoisotopic (exact) mass is 289 g/mol. The summed E-state index contributed by atoms with van der Waals surface area (Å²) in [5.41, 5.74) is 1.10. The number of benzene rings is 1. The molecule has 20 heavy (non-hydrogen) atoms. The van der Waals surface area contributed by atoms with Crippen LogP contribution in [0.1, 0.15) is 17.9 Å². The Morgan fingerprint density at radius 3 is 2.80 bits per heavy atom. The zero-order valence-electron chi connectivity index (χ0n) is 10.9. The van der Waals surface area contributed by atoms with Crippen molar-refractivity contribution < 1.29 is 9.21 Å². The quantitative estimate of drug-likeness (QED) is 0.874. The summed E-state index contributed by atoms with van der Waals surface area (Å²) in [7, 11) is 0. The van der Waals surface area contributed by atoms with Crippen LogP contribution in [0.2, 0.25) is 0 Å². The van der Waals surface area contributed by atoms with Crippen molar-refractivity contribution in [2.75, 3.05) is 17.2 Å². The number of rotatable bonds is 4. The van der Waals surface area contributed by atoms with E-state index in [-0.39, 0.29) is 11.8 Å². The minimum atomic E-state index is 0.0268. The lowest BCUT2D eigenvalue weighted by atomic mass is 10.1. The van der Waals surface area contributed by atoms with Crippen LogP contribution in [0, 0.1) is 5.92 Å². The van der Waals surface area contributed by atoms with Gasteiger partial charge in [-0.05, 0) is 17.2 Å². The summed E-state index contributed by atoms with van der Waals surface area (Å²) in [4.78, 5) is 13.4. The number of hydrogen-bond donors (Lipinski definition) is 1. The number of thiol groups is 1. The van der Waals surface area contributed by atoms with Crippen molar-refractivity contribution in [3.05, 3.63) is 41.8 Å². The molecule has 5 nitrogen and oxygen atoms in total. The number of anilines is 1. The Kier molecular flexibility index (Phi) is 3.73. The molecule has 1 amide bonds. The van der Waals surface area contributed by atoms with Crippen molar-refractivity contribution in [1.29, 1.82) is 0 Å². The molecular formula is C14H15N3O2S. The van der Waals surface area contributed by atoms with Crippen molar-refractivity contribution in [2.24, 2.45) is 5.92 Å². The van der Waals surface area contributed by atoms with Crippen LogP contribution < -0.4 is 4.90 Å².